The summed E-state index contributed by atoms with van der Waals surface area (Å²) in [5.41, 5.74) is 4.70. The van der Waals surface area contributed by atoms with E-state index in [0.29, 0.717) is 12.2 Å². The Morgan fingerprint density at radius 1 is 0.870 bits per heavy atom. The lowest BCUT2D eigenvalue weighted by Gasteiger charge is -2.13. The van der Waals surface area contributed by atoms with Gasteiger partial charge in [0.25, 0.3) is 0 Å². The minimum absolute atomic E-state index is 0.500. The predicted molar refractivity (Wildman–Crippen MR) is 92.8 cm³/mol. The molecular formula is C21H18O2. The van der Waals surface area contributed by atoms with E-state index < -0.39 is 0 Å². The zero-order valence-corrected chi connectivity index (χ0v) is 13.0. The summed E-state index contributed by atoms with van der Waals surface area (Å²) in [6.07, 6.45) is 0.899. The van der Waals surface area contributed by atoms with Crippen LogP contribution in [-0.2, 0) is 6.61 Å². The normalized spacial score (nSPS) is 10.3. The fraction of sp³-hybridized carbons (Fsp3) is 0.0952. The van der Waals surface area contributed by atoms with Crippen LogP contribution in [0.5, 0.6) is 5.75 Å². The first-order valence-corrected chi connectivity index (χ1v) is 7.60. The molecule has 0 aliphatic rings. The summed E-state index contributed by atoms with van der Waals surface area (Å²) < 4.78 is 5.99. The molecule has 0 spiro atoms. The number of rotatable bonds is 5. The molecule has 0 aliphatic heterocycles. The van der Waals surface area contributed by atoms with Crippen molar-refractivity contribution in [3.63, 3.8) is 0 Å². The summed E-state index contributed by atoms with van der Waals surface area (Å²) in [7, 11) is 0. The maximum Gasteiger partial charge on any atom is 0.150 e. The molecule has 0 unspecified atom stereocenters. The molecule has 2 nitrogen and oxygen atoms in total. The van der Waals surface area contributed by atoms with Crippen molar-refractivity contribution in [2.24, 2.45) is 0 Å². The third-order valence-corrected chi connectivity index (χ3v) is 3.75. The minimum atomic E-state index is 0.500. The van der Waals surface area contributed by atoms with Crippen LogP contribution in [0.1, 0.15) is 21.5 Å². The number of aldehydes is 1. The number of benzene rings is 3. The Hall–Kier alpha value is -2.87. The van der Waals surface area contributed by atoms with Gasteiger partial charge >= 0.3 is 0 Å². The maximum absolute atomic E-state index is 11.4. The molecule has 3 aromatic carbocycles. The fourth-order valence-electron chi connectivity index (χ4n) is 2.58. The van der Waals surface area contributed by atoms with Gasteiger partial charge < -0.3 is 4.74 Å². The monoisotopic (exact) mass is 302 g/mol. The molecule has 0 saturated heterocycles. The van der Waals surface area contributed by atoms with Crippen LogP contribution in [0, 0.1) is 6.92 Å². The molecule has 0 saturated carbocycles. The molecule has 3 aromatic rings. The molecule has 114 valence electrons. The van der Waals surface area contributed by atoms with Crippen LogP contribution in [0.25, 0.3) is 11.1 Å². The van der Waals surface area contributed by atoms with E-state index in [1.54, 1.807) is 0 Å². The van der Waals surface area contributed by atoms with Crippen molar-refractivity contribution in [2.75, 3.05) is 0 Å². The van der Waals surface area contributed by atoms with E-state index in [9.17, 15) is 4.79 Å². The standard InChI is InChI=1S/C21H18O2/c1-16-11-12-19(18(13-16)14-22)20-9-5-6-10-21(20)23-15-17-7-3-2-4-8-17/h2-14H,15H2,1H3. The second-order valence-corrected chi connectivity index (χ2v) is 5.48. The van der Waals surface area contributed by atoms with Crippen LogP contribution < -0.4 is 4.74 Å². The van der Waals surface area contributed by atoms with Crippen LogP contribution in [-0.4, -0.2) is 6.29 Å². The van der Waals surface area contributed by atoms with E-state index in [-0.39, 0.29) is 0 Å². The van der Waals surface area contributed by atoms with Gasteiger partial charge in [-0.15, -0.1) is 0 Å². The van der Waals surface area contributed by atoms with Gasteiger partial charge in [-0.1, -0.05) is 66.2 Å². The summed E-state index contributed by atoms with van der Waals surface area (Å²) in [6, 6.07) is 23.7. The van der Waals surface area contributed by atoms with Gasteiger partial charge in [0.1, 0.15) is 12.4 Å². The SMILES string of the molecule is Cc1ccc(-c2ccccc2OCc2ccccc2)c(C=O)c1. The summed E-state index contributed by atoms with van der Waals surface area (Å²) in [5, 5.41) is 0. The number of carbonyl (C=O) groups is 1. The molecule has 0 aromatic heterocycles. The first kappa shape index (κ1) is 15.0. The van der Waals surface area contributed by atoms with Crippen molar-refractivity contribution in [3.8, 4) is 16.9 Å². The van der Waals surface area contributed by atoms with Gasteiger partial charge in [0, 0.05) is 11.1 Å². The van der Waals surface area contributed by atoms with Gasteiger partial charge in [-0.05, 0) is 30.2 Å². The predicted octanol–water partition coefficient (Wildman–Crippen LogP) is 5.05. The molecule has 0 heterocycles. The molecular weight excluding hydrogens is 284 g/mol. The summed E-state index contributed by atoms with van der Waals surface area (Å²) in [4.78, 5) is 11.4. The Kier molecular flexibility index (Phi) is 4.53. The number of para-hydroxylation sites is 1. The maximum atomic E-state index is 11.4. The van der Waals surface area contributed by atoms with Crippen LogP contribution in [0.15, 0.2) is 72.8 Å². The Balaban J connectivity index is 1.93. The van der Waals surface area contributed by atoms with Gasteiger partial charge in [-0.25, -0.2) is 0 Å². The van der Waals surface area contributed by atoms with E-state index in [1.807, 2.05) is 79.7 Å². The van der Waals surface area contributed by atoms with E-state index in [1.165, 1.54) is 0 Å². The molecule has 0 atom stereocenters. The molecule has 0 N–H and O–H groups in total. The third kappa shape index (κ3) is 3.49. The van der Waals surface area contributed by atoms with Crippen molar-refractivity contribution < 1.29 is 9.53 Å². The zero-order valence-electron chi connectivity index (χ0n) is 13.0. The van der Waals surface area contributed by atoms with Crippen molar-refractivity contribution >= 4 is 6.29 Å². The van der Waals surface area contributed by atoms with E-state index in [2.05, 4.69) is 0 Å². The van der Waals surface area contributed by atoms with E-state index in [0.717, 1.165) is 34.3 Å². The molecule has 0 bridgehead atoms. The summed E-state index contributed by atoms with van der Waals surface area (Å²) in [5.74, 6) is 0.781. The van der Waals surface area contributed by atoms with E-state index in [4.69, 9.17) is 4.74 Å². The van der Waals surface area contributed by atoms with Gasteiger partial charge in [-0.3, -0.25) is 4.79 Å². The molecule has 0 aliphatic carbocycles. The van der Waals surface area contributed by atoms with E-state index >= 15 is 0 Å². The van der Waals surface area contributed by atoms with Crippen LogP contribution in [0.2, 0.25) is 0 Å². The third-order valence-electron chi connectivity index (χ3n) is 3.75. The van der Waals surface area contributed by atoms with Crippen molar-refractivity contribution in [3.05, 3.63) is 89.5 Å². The molecule has 3 rings (SSSR count). The number of ether oxygens (including phenoxy) is 1. The summed E-state index contributed by atoms with van der Waals surface area (Å²) >= 11 is 0. The van der Waals surface area contributed by atoms with Gasteiger partial charge in [-0.2, -0.15) is 0 Å². The van der Waals surface area contributed by atoms with Crippen LogP contribution in [0.3, 0.4) is 0 Å². The average Bonchev–Trinajstić information content (AvgIpc) is 2.61. The highest BCUT2D eigenvalue weighted by atomic mass is 16.5. The lowest BCUT2D eigenvalue weighted by Crippen LogP contribution is -1.98. The molecule has 0 fully saturated rings. The quantitative estimate of drug-likeness (QED) is 0.616. The highest BCUT2D eigenvalue weighted by molar-refractivity contribution is 5.89. The number of hydrogen-bond donors (Lipinski definition) is 0. The molecule has 0 amide bonds. The van der Waals surface area contributed by atoms with Gasteiger partial charge in [0.15, 0.2) is 6.29 Å². The van der Waals surface area contributed by atoms with Gasteiger partial charge in [0.2, 0.25) is 0 Å². The highest BCUT2D eigenvalue weighted by Crippen LogP contribution is 2.32. The average molecular weight is 302 g/mol. The largest absolute Gasteiger partial charge is 0.488 e. The fourth-order valence-corrected chi connectivity index (χ4v) is 2.58. The van der Waals surface area contributed by atoms with Crippen LogP contribution in [0.4, 0.5) is 0 Å². The number of hydrogen-bond acceptors (Lipinski definition) is 2. The minimum Gasteiger partial charge on any atom is -0.488 e. The molecule has 0 radical (unpaired) electrons. The number of aryl methyl sites for hydroxylation is 1. The van der Waals surface area contributed by atoms with Crippen molar-refractivity contribution in [2.45, 2.75) is 13.5 Å². The second kappa shape index (κ2) is 6.93. The lowest BCUT2D eigenvalue weighted by molar-refractivity contribution is 0.112. The summed E-state index contributed by atoms with van der Waals surface area (Å²) in [6.45, 7) is 2.48. The first-order chi connectivity index (χ1) is 11.3. The van der Waals surface area contributed by atoms with Crippen LogP contribution >= 0.6 is 0 Å². The highest BCUT2D eigenvalue weighted by Gasteiger charge is 2.10. The molecule has 2 heteroatoms. The van der Waals surface area contributed by atoms with Crippen molar-refractivity contribution in [1.29, 1.82) is 0 Å². The smallest absolute Gasteiger partial charge is 0.150 e. The number of carbonyl (C=O) groups excluding carboxylic acids is 1. The Morgan fingerprint density at radius 2 is 1.61 bits per heavy atom. The lowest BCUT2D eigenvalue weighted by atomic mass is 9.98. The topological polar surface area (TPSA) is 26.3 Å². The van der Waals surface area contributed by atoms with Crippen molar-refractivity contribution in [1.82, 2.24) is 0 Å². The first-order valence-electron chi connectivity index (χ1n) is 7.60. The van der Waals surface area contributed by atoms with Gasteiger partial charge in [0.05, 0.1) is 0 Å². The second-order valence-electron chi connectivity index (χ2n) is 5.48. The molecule has 23 heavy (non-hydrogen) atoms. The Morgan fingerprint density at radius 3 is 2.39 bits per heavy atom. The Bertz CT molecular complexity index is 807. The zero-order chi connectivity index (χ0) is 16.1. The Labute approximate surface area is 136 Å².